The lowest BCUT2D eigenvalue weighted by Gasteiger charge is -2.18. The normalized spacial score (nSPS) is 12.1. The van der Waals surface area contributed by atoms with Crippen molar-refractivity contribution >= 4 is 40.0 Å². The zero-order valence-corrected chi connectivity index (χ0v) is 17.8. The van der Waals surface area contributed by atoms with E-state index in [1.54, 1.807) is 4.68 Å². The minimum atomic E-state index is -3.13. The summed E-state index contributed by atoms with van der Waals surface area (Å²) < 4.78 is 26.2. The van der Waals surface area contributed by atoms with Crippen molar-refractivity contribution in [2.75, 3.05) is 32.4 Å². The van der Waals surface area contributed by atoms with Crippen LogP contribution in [0.2, 0.25) is 0 Å². The van der Waals surface area contributed by atoms with Crippen molar-refractivity contribution in [2.45, 2.75) is 26.8 Å². The molecule has 0 saturated carbocycles. The molecule has 2 N–H and O–H groups in total. The average Bonchev–Trinajstić information content (AvgIpc) is 2.88. The monoisotopic (exact) mass is 473 g/mol. The molecule has 1 aromatic heterocycles. The van der Waals surface area contributed by atoms with Gasteiger partial charge in [0.15, 0.2) is 5.96 Å². The van der Waals surface area contributed by atoms with E-state index >= 15 is 0 Å². The Labute approximate surface area is 161 Å². The van der Waals surface area contributed by atoms with E-state index in [4.69, 9.17) is 0 Å². The predicted octanol–water partition coefficient (Wildman–Crippen LogP) is 0.160. The van der Waals surface area contributed by atoms with E-state index in [2.05, 4.69) is 25.7 Å². The van der Waals surface area contributed by atoms with Gasteiger partial charge in [-0.05, 0) is 13.3 Å². The standard InChI is InChI=1S/C13H27N7O2S.HI/c1-5-14-13(16-10-12-17-11-18-19(12)3)15-8-7-9-20(6-2)23(4,21)22;/h11H,5-10H2,1-4H3,(H2,14,15,16);1H. The first-order valence-electron chi connectivity index (χ1n) is 7.68. The smallest absolute Gasteiger partial charge is 0.211 e. The van der Waals surface area contributed by atoms with Crippen molar-refractivity contribution in [2.24, 2.45) is 12.0 Å². The van der Waals surface area contributed by atoms with Gasteiger partial charge < -0.3 is 10.6 Å². The molecule has 0 aliphatic rings. The zero-order chi connectivity index (χ0) is 17.3. The Balaban J connectivity index is 0.00000529. The van der Waals surface area contributed by atoms with Gasteiger partial charge in [-0.15, -0.1) is 24.0 Å². The van der Waals surface area contributed by atoms with Crippen LogP contribution in [-0.2, 0) is 23.6 Å². The van der Waals surface area contributed by atoms with Crippen LogP contribution in [0.4, 0.5) is 0 Å². The first-order chi connectivity index (χ1) is 10.9. The van der Waals surface area contributed by atoms with Crippen LogP contribution in [0.3, 0.4) is 0 Å². The molecule has 0 spiro atoms. The van der Waals surface area contributed by atoms with E-state index in [1.165, 1.54) is 16.9 Å². The average molecular weight is 473 g/mol. The summed E-state index contributed by atoms with van der Waals surface area (Å²) in [5, 5.41) is 10.3. The fourth-order valence-electron chi connectivity index (χ4n) is 1.98. The lowest BCUT2D eigenvalue weighted by Crippen LogP contribution is -2.39. The second-order valence-corrected chi connectivity index (χ2v) is 7.01. The van der Waals surface area contributed by atoms with Crippen molar-refractivity contribution < 1.29 is 8.42 Å². The number of halogens is 1. The van der Waals surface area contributed by atoms with Crippen LogP contribution in [0.1, 0.15) is 26.1 Å². The van der Waals surface area contributed by atoms with Gasteiger partial charge in [0.05, 0.1) is 6.26 Å². The maximum Gasteiger partial charge on any atom is 0.211 e. The van der Waals surface area contributed by atoms with Crippen LogP contribution >= 0.6 is 24.0 Å². The highest BCUT2D eigenvalue weighted by Crippen LogP contribution is 1.98. The van der Waals surface area contributed by atoms with Crippen molar-refractivity contribution in [1.82, 2.24) is 29.7 Å². The van der Waals surface area contributed by atoms with Crippen LogP contribution in [0.5, 0.6) is 0 Å². The first kappa shape index (κ1) is 23.1. The van der Waals surface area contributed by atoms with Crippen LogP contribution < -0.4 is 10.6 Å². The van der Waals surface area contributed by atoms with Gasteiger partial charge in [-0.25, -0.2) is 22.7 Å². The summed E-state index contributed by atoms with van der Waals surface area (Å²) >= 11 is 0. The number of guanidine groups is 1. The van der Waals surface area contributed by atoms with Crippen LogP contribution in [0, 0.1) is 0 Å². The van der Waals surface area contributed by atoms with Crippen LogP contribution in [0.25, 0.3) is 0 Å². The number of rotatable bonds is 9. The molecule has 0 aliphatic heterocycles. The number of hydrogen-bond acceptors (Lipinski definition) is 5. The summed E-state index contributed by atoms with van der Waals surface area (Å²) in [6.45, 7) is 6.61. The molecule has 0 aromatic carbocycles. The van der Waals surface area contributed by atoms with Gasteiger partial charge in [0.2, 0.25) is 10.0 Å². The maximum absolute atomic E-state index is 11.5. The lowest BCUT2D eigenvalue weighted by molar-refractivity contribution is 0.424. The Bertz CT molecular complexity index is 603. The highest BCUT2D eigenvalue weighted by molar-refractivity contribution is 14.0. The number of hydrogen-bond donors (Lipinski definition) is 2. The summed E-state index contributed by atoms with van der Waals surface area (Å²) in [4.78, 5) is 8.56. The quantitative estimate of drug-likeness (QED) is 0.229. The molecular formula is C13H28IN7O2S. The van der Waals surface area contributed by atoms with Gasteiger partial charge in [0.1, 0.15) is 18.7 Å². The Morgan fingerprint density at radius 2 is 2.08 bits per heavy atom. The summed E-state index contributed by atoms with van der Waals surface area (Å²) in [7, 11) is -1.31. The molecule has 0 radical (unpaired) electrons. The molecule has 24 heavy (non-hydrogen) atoms. The lowest BCUT2D eigenvalue weighted by atomic mass is 10.4. The Hall–Kier alpha value is -0.950. The van der Waals surface area contributed by atoms with Crippen molar-refractivity contribution in [3.8, 4) is 0 Å². The molecular weight excluding hydrogens is 445 g/mol. The third kappa shape index (κ3) is 8.24. The van der Waals surface area contributed by atoms with Crippen molar-refractivity contribution in [3.63, 3.8) is 0 Å². The molecule has 0 amide bonds. The van der Waals surface area contributed by atoms with E-state index in [1.807, 2.05) is 20.9 Å². The van der Waals surface area contributed by atoms with Gasteiger partial charge in [-0.1, -0.05) is 6.92 Å². The minimum absolute atomic E-state index is 0. The summed E-state index contributed by atoms with van der Waals surface area (Å²) in [5.41, 5.74) is 0. The molecule has 1 aromatic rings. The van der Waals surface area contributed by atoms with E-state index in [0.29, 0.717) is 38.6 Å². The number of aliphatic imine (C=N–C) groups is 1. The number of aryl methyl sites for hydroxylation is 1. The van der Waals surface area contributed by atoms with Crippen molar-refractivity contribution in [1.29, 1.82) is 0 Å². The Kier molecular flexibility index (Phi) is 11.1. The number of nitrogens with one attached hydrogen (secondary N) is 2. The second-order valence-electron chi connectivity index (χ2n) is 5.03. The van der Waals surface area contributed by atoms with E-state index in [0.717, 1.165) is 12.4 Å². The van der Waals surface area contributed by atoms with E-state index < -0.39 is 10.0 Å². The molecule has 0 fully saturated rings. The van der Waals surface area contributed by atoms with Crippen LogP contribution in [-0.4, -0.2) is 65.9 Å². The first-order valence-corrected chi connectivity index (χ1v) is 9.53. The highest BCUT2D eigenvalue weighted by Gasteiger charge is 2.13. The van der Waals surface area contributed by atoms with Gasteiger partial charge >= 0.3 is 0 Å². The molecule has 11 heteroatoms. The molecule has 0 aliphatic carbocycles. The predicted molar refractivity (Wildman–Crippen MR) is 106 cm³/mol. The SMILES string of the molecule is CCNC(=NCc1ncnn1C)NCCCN(CC)S(C)(=O)=O.I. The van der Waals surface area contributed by atoms with E-state index in [-0.39, 0.29) is 24.0 Å². The summed E-state index contributed by atoms with van der Waals surface area (Å²) in [6, 6.07) is 0. The number of nitrogens with zero attached hydrogens (tertiary/aromatic N) is 5. The summed E-state index contributed by atoms with van der Waals surface area (Å²) in [5.74, 6) is 1.45. The minimum Gasteiger partial charge on any atom is -0.357 e. The van der Waals surface area contributed by atoms with Gasteiger partial charge in [0.25, 0.3) is 0 Å². The Morgan fingerprint density at radius 1 is 1.38 bits per heavy atom. The topological polar surface area (TPSA) is 105 Å². The van der Waals surface area contributed by atoms with Crippen molar-refractivity contribution in [3.05, 3.63) is 12.2 Å². The third-order valence-corrected chi connectivity index (χ3v) is 4.61. The second kappa shape index (κ2) is 11.6. The number of sulfonamides is 1. The van der Waals surface area contributed by atoms with E-state index in [9.17, 15) is 8.42 Å². The van der Waals surface area contributed by atoms with Crippen LogP contribution in [0.15, 0.2) is 11.3 Å². The molecule has 0 bridgehead atoms. The third-order valence-electron chi connectivity index (χ3n) is 3.23. The zero-order valence-electron chi connectivity index (χ0n) is 14.7. The molecule has 1 heterocycles. The molecule has 0 unspecified atom stereocenters. The fourth-order valence-corrected chi connectivity index (χ4v) is 2.91. The molecule has 0 atom stereocenters. The van der Waals surface area contributed by atoms with Gasteiger partial charge in [-0.2, -0.15) is 5.10 Å². The Morgan fingerprint density at radius 3 is 2.58 bits per heavy atom. The number of aromatic nitrogens is 3. The largest absolute Gasteiger partial charge is 0.357 e. The molecule has 140 valence electrons. The molecule has 1 rings (SSSR count). The fraction of sp³-hybridized carbons (Fsp3) is 0.769. The maximum atomic E-state index is 11.5. The highest BCUT2D eigenvalue weighted by atomic mass is 127. The molecule has 9 nitrogen and oxygen atoms in total. The van der Waals surface area contributed by atoms with Gasteiger partial charge in [-0.3, -0.25) is 4.68 Å². The molecule has 0 saturated heterocycles. The summed E-state index contributed by atoms with van der Waals surface area (Å²) in [6.07, 6.45) is 3.43. The van der Waals surface area contributed by atoms with Gasteiger partial charge in [0, 0.05) is 33.2 Å².